The predicted molar refractivity (Wildman–Crippen MR) is 100 cm³/mol. The number of carbonyl (C=O) groups is 1. The van der Waals surface area contributed by atoms with Gasteiger partial charge in [-0.2, -0.15) is 0 Å². The van der Waals surface area contributed by atoms with Crippen molar-refractivity contribution in [3.63, 3.8) is 0 Å². The van der Waals surface area contributed by atoms with E-state index in [-0.39, 0.29) is 11.9 Å². The monoisotopic (exact) mass is 356 g/mol. The van der Waals surface area contributed by atoms with Crippen molar-refractivity contribution in [1.82, 2.24) is 10.5 Å². The fourth-order valence-corrected chi connectivity index (χ4v) is 3.60. The number of ether oxygens (including phenoxy) is 1. The van der Waals surface area contributed by atoms with E-state index < -0.39 is 0 Å². The highest BCUT2D eigenvalue weighted by molar-refractivity contribution is 5.94. The van der Waals surface area contributed by atoms with Crippen LogP contribution in [-0.2, 0) is 6.61 Å². The highest BCUT2D eigenvalue weighted by Gasteiger charge is 2.28. The van der Waals surface area contributed by atoms with Gasteiger partial charge in [0, 0.05) is 11.6 Å². The second-order valence-electron chi connectivity index (χ2n) is 7.46. The van der Waals surface area contributed by atoms with Crippen LogP contribution in [0.5, 0.6) is 5.75 Å². The molecule has 1 aromatic heterocycles. The zero-order chi connectivity index (χ0) is 18.7. The molecule has 0 aliphatic heterocycles. The van der Waals surface area contributed by atoms with Crippen LogP contribution in [0.1, 0.15) is 60.5 Å². The minimum atomic E-state index is -0.00627. The third kappa shape index (κ3) is 4.09. The van der Waals surface area contributed by atoms with Crippen LogP contribution in [0.2, 0.25) is 0 Å². The zero-order valence-electron chi connectivity index (χ0n) is 16.0. The fourth-order valence-electron chi connectivity index (χ4n) is 3.60. The Morgan fingerprint density at radius 3 is 2.62 bits per heavy atom. The number of amides is 1. The van der Waals surface area contributed by atoms with Gasteiger partial charge in [0.1, 0.15) is 18.1 Å². The molecule has 1 N–H and O–H groups in total. The van der Waals surface area contributed by atoms with Crippen molar-refractivity contribution in [2.24, 2.45) is 11.8 Å². The van der Waals surface area contributed by atoms with Crippen molar-refractivity contribution >= 4 is 5.91 Å². The molecule has 5 heteroatoms. The van der Waals surface area contributed by atoms with Crippen LogP contribution in [0.4, 0.5) is 0 Å². The lowest BCUT2D eigenvalue weighted by Crippen LogP contribution is -2.43. The summed E-state index contributed by atoms with van der Waals surface area (Å²) in [6, 6.07) is 7.56. The van der Waals surface area contributed by atoms with E-state index in [0.29, 0.717) is 24.0 Å². The molecule has 1 aliphatic rings. The highest BCUT2D eigenvalue weighted by Crippen LogP contribution is 2.29. The van der Waals surface area contributed by atoms with Crippen LogP contribution in [0.3, 0.4) is 0 Å². The normalized spacial score (nSPS) is 22.8. The molecule has 5 nitrogen and oxygen atoms in total. The third-order valence-electron chi connectivity index (χ3n) is 5.70. The van der Waals surface area contributed by atoms with Crippen molar-refractivity contribution in [3.8, 4) is 5.75 Å². The van der Waals surface area contributed by atoms with Crippen molar-refractivity contribution in [2.75, 3.05) is 0 Å². The number of rotatable bonds is 5. The van der Waals surface area contributed by atoms with E-state index in [4.69, 9.17) is 9.26 Å². The second kappa shape index (κ2) is 7.94. The topological polar surface area (TPSA) is 64.4 Å². The maximum absolute atomic E-state index is 12.5. The van der Waals surface area contributed by atoms with E-state index >= 15 is 0 Å². The molecule has 0 bridgehead atoms. The molecule has 1 amide bonds. The Hall–Kier alpha value is -2.30. The van der Waals surface area contributed by atoms with Crippen LogP contribution < -0.4 is 10.1 Å². The quantitative estimate of drug-likeness (QED) is 0.861. The maximum Gasteiger partial charge on any atom is 0.251 e. The first-order valence-corrected chi connectivity index (χ1v) is 9.41. The second-order valence-corrected chi connectivity index (χ2v) is 7.46. The summed E-state index contributed by atoms with van der Waals surface area (Å²) in [6.45, 7) is 8.69. The van der Waals surface area contributed by atoms with E-state index in [1.54, 1.807) is 0 Å². The van der Waals surface area contributed by atoms with Crippen LogP contribution in [0, 0.1) is 25.7 Å². The van der Waals surface area contributed by atoms with Crippen LogP contribution >= 0.6 is 0 Å². The third-order valence-corrected chi connectivity index (χ3v) is 5.70. The summed E-state index contributed by atoms with van der Waals surface area (Å²) in [5, 5.41) is 7.13. The number of hydrogen-bond acceptors (Lipinski definition) is 4. The average Bonchev–Trinajstić information content (AvgIpc) is 2.95. The van der Waals surface area contributed by atoms with Gasteiger partial charge in [-0.25, -0.2) is 0 Å². The van der Waals surface area contributed by atoms with E-state index in [2.05, 4.69) is 24.3 Å². The lowest BCUT2D eigenvalue weighted by molar-refractivity contribution is 0.0891. The van der Waals surface area contributed by atoms with Crippen molar-refractivity contribution in [2.45, 2.75) is 59.6 Å². The molecule has 3 rings (SSSR count). The lowest BCUT2D eigenvalue weighted by Gasteiger charge is -2.34. The van der Waals surface area contributed by atoms with Crippen LogP contribution in [0.15, 0.2) is 28.8 Å². The van der Waals surface area contributed by atoms with Crippen LogP contribution in [-0.4, -0.2) is 17.1 Å². The molecule has 140 valence electrons. The van der Waals surface area contributed by atoms with Crippen molar-refractivity contribution in [3.05, 3.63) is 46.8 Å². The molecule has 0 radical (unpaired) electrons. The molecule has 1 aromatic carbocycles. The van der Waals surface area contributed by atoms with Gasteiger partial charge in [0.25, 0.3) is 5.91 Å². The summed E-state index contributed by atoms with van der Waals surface area (Å²) in [5.74, 6) is 2.67. The van der Waals surface area contributed by atoms with Crippen molar-refractivity contribution < 1.29 is 14.1 Å². The summed E-state index contributed by atoms with van der Waals surface area (Å²) < 4.78 is 10.9. The summed E-state index contributed by atoms with van der Waals surface area (Å²) in [4.78, 5) is 12.5. The number of nitrogens with zero attached hydrogens (tertiary/aromatic N) is 1. The highest BCUT2D eigenvalue weighted by atomic mass is 16.5. The molecular formula is C21H28N2O3. The number of benzene rings is 1. The minimum absolute atomic E-state index is 0.00627. The first-order chi connectivity index (χ1) is 12.5. The Labute approximate surface area is 155 Å². The molecule has 1 aliphatic carbocycles. The smallest absolute Gasteiger partial charge is 0.251 e. The average molecular weight is 356 g/mol. The molecule has 2 aromatic rings. The standard InChI is InChI=1S/C21H28N2O3/c1-13-6-5-7-20(14(13)2)22-21(24)17-8-10-18(11-9-17)25-12-19-15(3)23-26-16(19)4/h8-11,13-14,20H,5-7,12H2,1-4H3,(H,22,24)/t13-,14+,20-/m1/s1. The number of carbonyl (C=O) groups excluding carboxylic acids is 1. The van der Waals surface area contributed by atoms with Gasteiger partial charge in [-0.05, 0) is 56.4 Å². The van der Waals surface area contributed by atoms with Gasteiger partial charge in [-0.1, -0.05) is 31.8 Å². The predicted octanol–water partition coefficient (Wildman–Crippen LogP) is 4.42. The van der Waals surface area contributed by atoms with E-state index in [9.17, 15) is 4.79 Å². The Kier molecular flexibility index (Phi) is 5.64. The molecule has 0 spiro atoms. The zero-order valence-corrected chi connectivity index (χ0v) is 16.0. The number of nitrogens with one attached hydrogen (secondary N) is 1. The molecular weight excluding hydrogens is 328 g/mol. The molecule has 1 fully saturated rings. The Bertz CT molecular complexity index is 732. The van der Waals surface area contributed by atoms with E-state index in [0.717, 1.165) is 29.2 Å². The van der Waals surface area contributed by atoms with Crippen molar-refractivity contribution in [1.29, 1.82) is 0 Å². The first kappa shape index (κ1) is 18.5. The van der Waals surface area contributed by atoms with Gasteiger partial charge in [-0.3, -0.25) is 4.79 Å². The maximum atomic E-state index is 12.5. The Morgan fingerprint density at radius 1 is 1.23 bits per heavy atom. The lowest BCUT2D eigenvalue weighted by atomic mass is 9.78. The molecule has 0 saturated heterocycles. The van der Waals surface area contributed by atoms with Gasteiger partial charge >= 0.3 is 0 Å². The molecule has 1 saturated carbocycles. The number of aromatic nitrogens is 1. The number of hydrogen-bond donors (Lipinski definition) is 1. The summed E-state index contributed by atoms with van der Waals surface area (Å²) in [5.41, 5.74) is 2.47. The molecule has 1 heterocycles. The van der Waals surface area contributed by atoms with Gasteiger partial charge < -0.3 is 14.6 Å². The summed E-state index contributed by atoms with van der Waals surface area (Å²) in [7, 11) is 0. The Morgan fingerprint density at radius 2 is 1.96 bits per heavy atom. The summed E-state index contributed by atoms with van der Waals surface area (Å²) in [6.07, 6.45) is 3.51. The van der Waals surface area contributed by atoms with Gasteiger partial charge in [-0.15, -0.1) is 0 Å². The van der Waals surface area contributed by atoms with Gasteiger partial charge in [0.05, 0.1) is 11.3 Å². The van der Waals surface area contributed by atoms with Crippen LogP contribution in [0.25, 0.3) is 0 Å². The Balaban J connectivity index is 1.57. The largest absolute Gasteiger partial charge is 0.489 e. The minimum Gasteiger partial charge on any atom is -0.489 e. The van der Waals surface area contributed by atoms with E-state index in [1.807, 2.05) is 38.1 Å². The summed E-state index contributed by atoms with van der Waals surface area (Å²) >= 11 is 0. The first-order valence-electron chi connectivity index (χ1n) is 9.41. The van der Waals surface area contributed by atoms with E-state index in [1.165, 1.54) is 12.8 Å². The van der Waals surface area contributed by atoms with Gasteiger partial charge in [0.2, 0.25) is 0 Å². The molecule has 26 heavy (non-hydrogen) atoms. The fraction of sp³-hybridized carbons (Fsp3) is 0.524. The number of aryl methyl sites for hydroxylation is 2. The molecule has 0 unspecified atom stereocenters. The molecule has 3 atom stereocenters. The SMILES string of the molecule is Cc1noc(C)c1COc1ccc(C(=O)N[C@@H]2CCC[C@@H](C)[C@@H]2C)cc1. The van der Waals surface area contributed by atoms with Gasteiger partial charge in [0.15, 0.2) is 0 Å².